The molecule has 0 atom stereocenters. The van der Waals surface area contributed by atoms with Crippen molar-refractivity contribution in [1.29, 1.82) is 0 Å². The van der Waals surface area contributed by atoms with Crippen molar-refractivity contribution in [3.05, 3.63) is 35.5 Å². The van der Waals surface area contributed by atoms with E-state index in [1.54, 1.807) is 18.2 Å². The molecule has 2 heterocycles. The summed E-state index contributed by atoms with van der Waals surface area (Å²) < 4.78 is 0. The first-order valence-electron chi connectivity index (χ1n) is 4.05. The van der Waals surface area contributed by atoms with E-state index >= 15 is 0 Å². The molecule has 1 amide bonds. The molecular weight excluding hydrogens is 218 g/mol. The molecule has 15 heavy (non-hydrogen) atoms. The molecule has 0 aliphatic carbocycles. The van der Waals surface area contributed by atoms with E-state index in [2.05, 4.69) is 25.5 Å². The first kappa shape index (κ1) is 9.60. The summed E-state index contributed by atoms with van der Waals surface area (Å²) in [5.41, 5.74) is 0. The number of halogens is 1. The molecule has 2 N–H and O–H groups in total. The molecule has 0 aliphatic rings. The molecule has 2 aromatic heterocycles. The van der Waals surface area contributed by atoms with Gasteiger partial charge < -0.3 is 5.32 Å². The molecule has 0 saturated carbocycles. The van der Waals surface area contributed by atoms with Gasteiger partial charge in [0.25, 0.3) is 5.91 Å². The lowest BCUT2D eigenvalue weighted by atomic mass is 10.4. The van der Waals surface area contributed by atoms with Crippen LogP contribution in [-0.2, 0) is 0 Å². The molecule has 0 spiro atoms. The smallest absolute Gasteiger partial charge is 0.294 e. The molecule has 0 saturated heterocycles. The standard InChI is InChI=1S/C8H6ClN5O/c9-5-2-1-3-6(12-5)13-8(15)7-10-4-11-14-7/h1-4H,(H,10,11,14)(H,12,13,15). The molecule has 2 aromatic rings. The van der Waals surface area contributed by atoms with Crippen LogP contribution >= 0.6 is 11.6 Å². The molecule has 0 bridgehead atoms. The first-order chi connectivity index (χ1) is 7.25. The van der Waals surface area contributed by atoms with Gasteiger partial charge in [-0.3, -0.25) is 9.89 Å². The largest absolute Gasteiger partial charge is 0.304 e. The second kappa shape index (κ2) is 4.05. The molecule has 7 heteroatoms. The summed E-state index contributed by atoms with van der Waals surface area (Å²) in [5, 5.41) is 8.82. The highest BCUT2D eigenvalue weighted by Crippen LogP contribution is 2.09. The second-order valence-electron chi connectivity index (χ2n) is 2.63. The predicted octanol–water partition coefficient (Wildman–Crippen LogP) is 1.11. The zero-order chi connectivity index (χ0) is 10.7. The Balaban J connectivity index is 2.13. The Bertz CT molecular complexity index is 470. The molecule has 76 valence electrons. The molecule has 0 fully saturated rings. The van der Waals surface area contributed by atoms with Gasteiger partial charge in [-0.15, -0.1) is 0 Å². The van der Waals surface area contributed by atoms with Gasteiger partial charge in [0.2, 0.25) is 5.82 Å². The number of H-pyrrole nitrogens is 1. The van der Waals surface area contributed by atoms with Gasteiger partial charge in [-0.25, -0.2) is 9.97 Å². The summed E-state index contributed by atoms with van der Waals surface area (Å²) in [6, 6.07) is 4.93. The van der Waals surface area contributed by atoms with Gasteiger partial charge in [0.1, 0.15) is 17.3 Å². The fraction of sp³-hybridized carbons (Fsp3) is 0. The zero-order valence-corrected chi connectivity index (χ0v) is 8.19. The highest BCUT2D eigenvalue weighted by atomic mass is 35.5. The molecule has 0 aliphatic heterocycles. The summed E-state index contributed by atoms with van der Waals surface area (Å²) in [7, 11) is 0. The van der Waals surface area contributed by atoms with E-state index in [0.717, 1.165) is 0 Å². The van der Waals surface area contributed by atoms with Crippen molar-refractivity contribution in [2.45, 2.75) is 0 Å². The third kappa shape index (κ3) is 2.29. The van der Waals surface area contributed by atoms with Gasteiger partial charge in [0.15, 0.2) is 0 Å². The van der Waals surface area contributed by atoms with Crippen molar-refractivity contribution in [2.75, 3.05) is 5.32 Å². The zero-order valence-electron chi connectivity index (χ0n) is 7.44. The van der Waals surface area contributed by atoms with E-state index in [4.69, 9.17) is 11.6 Å². The lowest BCUT2D eigenvalue weighted by Gasteiger charge is -2.01. The quantitative estimate of drug-likeness (QED) is 0.747. The van der Waals surface area contributed by atoms with Gasteiger partial charge in [-0.05, 0) is 12.1 Å². The number of aromatic nitrogens is 4. The van der Waals surface area contributed by atoms with E-state index in [1.165, 1.54) is 6.33 Å². The van der Waals surface area contributed by atoms with Crippen LogP contribution in [0.2, 0.25) is 5.15 Å². The number of pyridine rings is 1. The predicted molar refractivity (Wildman–Crippen MR) is 53.6 cm³/mol. The summed E-state index contributed by atoms with van der Waals surface area (Å²) in [6.07, 6.45) is 1.25. The summed E-state index contributed by atoms with van der Waals surface area (Å²) in [5.74, 6) is 0.0722. The maximum Gasteiger partial charge on any atom is 0.294 e. The van der Waals surface area contributed by atoms with Gasteiger partial charge in [0, 0.05) is 0 Å². The van der Waals surface area contributed by atoms with Crippen LogP contribution in [0, 0.1) is 0 Å². The number of nitrogens with zero attached hydrogens (tertiary/aromatic N) is 3. The normalized spacial score (nSPS) is 9.93. The maximum atomic E-state index is 11.5. The van der Waals surface area contributed by atoms with Crippen LogP contribution in [0.5, 0.6) is 0 Å². The van der Waals surface area contributed by atoms with Gasteiger partial charge in [0.05, 0.1) is 0 Å². The Kier molecular flexibility index (Phi) is 2.59. The number of amides is 1. The molecule has 0 unspecified atom stereocenters. The number of hydrogen-bond donors (Lipinski definition) is 2. The highest BCUT2D eigenvalue weighted by Gasteiger charge is 2.09. The van der Waals surface area contributed by atoms with E-state index < -0.39 is 5.91 Å². The van der Waals surface area contributed by atoms with Gasteiger partial charge >= 0.3 is 0 Å². The minimum absolute atomic E-state index is 0.122. The number of carbonyl (C=O) groups is 1. The van der Waals surface area contributed by atoms with Crippen molar-refractivity contribution in [1.82, 2.24) is 20.2 Å². The van der Waals surface area contributed by atoms with Gasteiger partial charge in [-0.1, -0.05) is 17.7 Å². The van der Waals surface area contributed by atoms with Crippen LogP contribution in [0.15, 0.2) is 24.5 Å². The number of rotatable bonds is 2. The first-order valence-corrected chi connectivity index (χ1v) is 4.43. The third-order valence-electron chi connectivity index (χ3n) is 1.59. The monoisotopic (exact) mass is 223 g/mol. The van der Waals surface area contributed by atoms with Crippen molar-refractivity contribution in [2.24, 2.45) is 0 Å². The number of carbonyl (C=O) groups excluding carboxylic acids is 1. The summed E-state index contributed by atoms with van der Waals surface area (Å²) >= 11 is 5.66. The van der Waals surface area contributed by atoms with E-state index in [-0.39, 0.29) is 5.82 Å². The lowest BCUT2D eigenvalue weighted by molar-refractivity contribution is 0.101. The fourth-order valence-corrected chi connectivity index (χ4v) is 1.13. The lowest BCUT2D eigenvalue weighted by Crippen LogP contribution is -2.14. The molecule has 6 nitrogen and oxygen atoms in total. The minimum atomic E-state index is -0.415. The van der Waals surface area contributed by atoms with Crippen LogP contribution in [0.25, 0.3) is 0 Å². The SMILES string of the molecule is O=C(Nc1cccc(Cl)n1)c1ncn[nH]1. The number of anilines is 1. The molecular formula is C8H6ClN5O. The second-order valence-corrected chi connectivity index (χ2v) is 3.02. The Labute approximate surface area is 89.7 Å². The van der Waals surface area contributed by atoms with Gasteiger partial charge in [-0.2, -0.15) is 5.10 Å². The topological polar surface area (TPSA) is 83.6 Å². The Hall–Kier alpha value is -1.95. The summed E-state index contributed by atoms with van der Waals surface area (Å²) in [6.45, 7) is 0. The Morgan fingerprint density at radius 3 is 3.00 bits per heavy atom. The third-order valence-corrected chi connectivity index (χ3v) is 1.80. The van der Waals surface area contributed by atoms with E-state index in [0.29, 0.717) is 11.0 Å². The number of nitrogens with one attached hydrogen (secondary N) is 2. The van der Waals surface area contributed by atoms with Crippen molar-refractivity contribution < 1.29 is 4.79 Å². The van der Waals surface area contributed by atoms with Crippen molar-refractivity contribution >= 4 is 23.3 Å². The van der Waals surface area contributed by atoms with Crippen molar-refractivity contribution in [3.63, 3.8) is 0 Å². The van der Waals surface area contributed by atoms with Crippen LogP contribution in [0.1, 0.15) is 10.6 Å². The fourth-order valence-electron chi connectivity index (χ4n) is 0.968. The molecule has 0 radical (unpaired) electrons. The average molecular weight is 224 g/mol. The van der Waals surface area contributed by atoms with Crippen LogP contribution in [0.3, 0.4) is 0 Å². The van der Waals surface area contributed by atoms with Crippen molar-refractivity contribution in [3.8, 4) is 0 Å². The maximum absolute atomic E-state index is 11.5. The average Bonchev–Trinajstić information content (AvgIpc) is 2.70. The number of hydrogen-bond acceptors (Lipinski definition) is 4. The number of aromatic amines is 1. The highest BCUT2D eigenvalue weighted by molar-refractivity contribution is 6.29. The molecule has 2 rings (SSSR count). The van der Waals surface area contributed by atoms with E-state index in [1.807, 2.05) is 0 Å². The minimum Gasteiger partial charge on any atom is -0.304 e. The van der Waals surface area contributed by atoms with E-state index in [9.17, 15) is 4.79 Å². The van der Waals surface area contributed by atoms with Crippen LogP contribution in [0.4, 0.5) is 5.82 Å². The summed E-state index contributed by atoms with van der Waals surface area (Å²) in [4.78, 5) is 19.0. The van der Waals surface area contributed by atoms with Crippen LogP contribution < -0.4 is 5.32 Å². The van der Waals surface area contributed by atoms with Crippen LogP contribution in [-0.4, -0.2) is 26.1 Å². The molecule has 0 aromatic carbocycles. The Morgan fingerprint density at radius 2 is 2.33 bits per heavy atom. The Morgan fingerprint density at radius 1 is 1.47 bits per heavy atom.